The van der Waals surface area contributed by atoms with Crippen LogP contribution in [0.5, 0.6) is 5.75 Å². The lowest BCUT2D eigenvalue weighted by atomic mass is 10.0. The molecule has 4 nitrogen and oxygen atoms in total. The van der Waals surface area contributed by atoms with Crippen molar-refractivity contribution in [3.8, 4) is 5.75 Å². The fourth-order valence-corrected chi connectivity index (χ4v) is 2.75. The molecule has 1 atom stereocenters. The first-order valence-electron chi connectivity index (χ1n) is 8.43. The molecule has 2 aromatic carbocycles. The molecule has 1 unspecified atom stereocenters. The SMILES string of the molecule is COc1ccccc1C(CNC(=O)/C=C(/C)c1ccc(F)cc1)N(C)C. The third-order valence-electron chi connectivity index (χ3n) is 4.24. The fraction of sp³-hybridized carbons (Fsp3) is 0.286. The molecule has 0 bridgehead atoms. The van der Waals surface area contributed by atoms with Gasteiger partial charge in [0.05, 0.1) is 13.2 Å². The van der Waals surface area contributed by atoms with E-state index in [2.05, 4.69) is 5.32 Å². The summed E-state index contributed by atoms with van der Waals surface area (Å²) in [5.74, 6) is 0.309. The number of halogens is 1. The molecule has 0 heterocycles. The first-order chi connectivity index (χ1) is 12.4. The molecule has 1 N–H and O–H groups in total. The normalized spacial score (nSPS) is 12.8. The van der Waals surface area contributed by atoms with Gasteiger partial charge >= 0.3 is 0 Å². The number of allylic oxidation sites excluding steroid dienone is 1. The monoisotopic (exact) mass is 356 g/mol. The maximum atomic E-state index is 13.0. The van der Waals surface area contributed by atoms with E-state index in [4.69, 9.17) is 4.74 Å². The topological polar surface area (TPSA) is 41.6 Å². The number of nitrogens with zero attached hydrogens (tertiary/aromatic N) is 1. The second-order valence-corrected chi connectivity index (χ2v) is 6.30. The Morgan fingerprint density at radius 1 is 1.19 bits per heavy atom. The largest absolute Gasteiger partial charge is 0.496 e. The summed E-state index contributed by atoms with van der Waals surface area (Å²) in [4.78, 5) is 14.3. The summed E-state index contributed by atoms with van der Waals surface area (Å²) in [6.07, 6.45) is 1.53. The number of carbonyl (C=O) groups excluding carboxylic acids is 1. The molecule has 0 saturated heterocycles. The minimum absolute atomic E-state index is 0.0189. The van der Waals surface area contributed by atoms with Gasteiger partial charge < -0.3 is 15.0 Å². The lowest BCUT2D eigenvalue weighted by molar-refractivity contribution is -0.116. The Hall–Kier alpha value is -2.66. The molecule has 5 heteroatoms. The van der Waals surface area contributed by atoms with Gasteiger partial charge in [-0.05, 0) is 50.4 Å². The Kier molecular flexibility index (Phi) is 6.92. The van der Waals surface area contributed by atoms with Crippen LogP contribution in [0.4, 0.5) is 4.39 Å². The van der Waals surface area contributed by atoms with E-state index in [1.807, 2.05) is 50.2 Å². The Labute approximate surface area is 154 Å². The van der Waals surface area contributed by atoms with Crippen LogP contribution in [-0.4, -0.2) is 38.6 Å². The molecule has 0 saturated carbocycles. The maximum absolute atomic E-state index is 13.0. The fourth-order valence-electron chi connectivity index (χ4n) is 2.75. The van der Waals surface area contributed by atoms with Crippen molar-refractivity contribution in [3.05, 3.63) is 71.6 Å². The number of nitrogens with one attached hydrogen (secondary N) is 1. The Bertz CT molecular complexity index is 770. The summed E-state index contributed by atoms with van der Waals surface area (Å²) >= 11 is 0. The predicted molar refractivity (Wildman–Crippen MR) is 102 cm³/mol. The van der Waals surface area contributed by atoms with Gasteiger partial charge in [-0.25, -0.2) is 4.39 Å². The van der Waals surface area contributed by atoms with Gasteiger partial charge in [0.2, 0.25) is 5.91 Å². The van der Waals surface area contributed by atoms with Crippen molar-refractivity contribution in [3.63, 3.8) is 0 Å². The number of ether oxygens (including phenoxy) is 1. The van der Waals surface area contributed by atoms with E-state index in [-0.39, 0.29) is 17.8 Å². The average Bonchev–Trinajstić information content (AvgIpc) is 2.62. The van der Waals surface area contributed by atoms with Gasteiger partial charge in [0.1, 0.15) is 11.6 Å². The second kappa shape index (κ2) is 9.15. The van der Waals surface area contributed by atoms with E-state index in [1.54, 1.807) is 19.2 Å². The van der Waals surface area contributed by atoms with Crippen molar-refractivity contribution in [2.75, 3.05) is 27.7 Å². The summed E-state index contributed by atoms with van der Waals surface area (Å²) in [6.45, 7) is 2.27. The lowest BCUT2D eigenvalue weighted by Crippen LogP contribution is -2.34. The maximum Gasteiger partial charge on any atom is 0.244 e. The third kappa shape index (κ3) is 5.17. The highest BCUT2D eigenvalue weighted by atomic mass is 19.1. The standard InChI is InChI=1S/C21H25FN2O2/c1-15(16-9-11-17(22)12-10-16)13-21(25)23-14-19(24(2)3)18-7-5-6-8-20(18)26-4/h5-13,19H,14H2,1-4H3,(H,23,25)/b15-13-. The summed E-state index contributed by atoms with van der Waals surface area (Å²) < 4.78 is 18.4. The second-order valence-electron chi connectivity index (χ2n) is 6.30. The molecule has 2 rings (SSSR count). The number of para-hydroxylation sites is 1. The summed E-state index contributed by atoms with van der Waals surface area (Å²) in [6, 6.07) is 13.8. The first-order valence-corrected chi connectivity index (χ1v) is 8.43. The number of benzene rings is 2. The Morgan fingerprint density at radius 2 is 1.85 bits per heavy atom. The number of carbonyl (C=O) groups is 1. The van der Waals surface area contributed by atoms with Crippen molar-refractivity contribution in [1.29, 1.82) is 0 Å². The number of amides is 1. The summed E-state index contributed by atoms with van der Waals surface area (Å²) in [5.41, 5.74) is 2.61. The quantitative estimate of drug-likeness (QED) is 0.770. The van der Waals surface area contributed by atoms with Crippen molar-refractivity contribution in [1.82, 2.24) is 10.2 Å². The Balaban J connectivity index is 2.08. The highest BCUT2D eigenvalue weighted by Crippen LogP contribution is 2.27. The predicted octanol–water partition coefficient (Wildman–Crippen LogP) is 3.66. The van der Waals surface area contributed by atoms with Gasteiger partial charge in [-0.1, -0.05) is 30.3 Å². The van der Waals surface area contributed by atoms with Crippen LogP contribution in [0, 0.1) is 5.82 Å². The molecule has 0 aliphatic carbocycles. The van der Waals surface area contributed by atoms with Crippen LogP contribution in [0.2, 0.25) is 0 Å². The highest BCUT2D eigenvalue weighted by Gasteiger charge is 2.18. The molecule has 26 heavy (non-hydrogen) atoms. The van der Waals surface area contributed by atoms with Gasteiger partial charge in [-0.15, -0.1) is 0 Å². The molecule has 2 aromatic rings. The number of hydrogen-bond donors (Lipinski definition) is 1. The van der Waals surface area contributed by atoms with Crippen LogP contribution >= 0.6 is 0 Å². The van der Waals surface area contributed by atoms with Crippen LogP contribution in [0.1, 0.15) is 24.1 Å². The molecule has 0 aliphatic heterocycles. The van der Waals surface area contributed by atoms with Crippen LogP contribution in [0.3, 0.4) is 0 Å². The van der Waals surface area contributed by atoms with Crippen molar-refractivity contribution in [2.24, 2.45) is 0 Å². The van der Waals surface area contributed by atoms with E-state index in [1.165, 1.54) is 18.2 Å². The van der Waals surface area contributed by atoms with Crippen molar-refractivity contribution < 1.29 is 13.9 Å². The molecular weight excluding hydrogens is 331 g/mol. The minimum atomic E-state index is -0.295. The van der Waals surface area contributed by atoms with Crippen LogP contribution in [-0.2, 0) is 4.79 Å². The zero-order valence-corrected chi connectivity index (χ0v) is 15.6. The highest BCUT2D eigenvalue weighted by molar-refractivity contribution is 5.94. The molecule has 0 fully saturated rings. The van der Waals surface area contributed by atoms with Gasteiger partial charge in [0.15, 0.2) is 0 Å². The molecule has 0 aromatic heterocycles. The van der Waals surface area contributed by atoms with E-state index in [0.717, 1.165) is 22.4 Å². The summed E-state index contributed by atoms with van der Waals surface area (Å²) in [7, 11) is 5.56. The number of rotatable bonds is 7. The molecule has 1 amide bonds. The average molecular weight is 356 g/mol. The van der Waals surface area contributed by atoms with E-state index in [0.29, 0.717) is 6.54 Å². The van der Waals surface area contributed by atoms with E-state index in [9.17, 15) is 9.18 Å². The van der Waals surface area contributed by atoms with Crippen LogP contribution < -0.4 is 10.1 Å². The number of methoxy groups -OCH3 is 1. The van der Waals surface area contributed by atoms with E-state index >= 15 is 0 Å². The smallest absolute Gasteiger partial charge is 0.244 e. The van der Waals surface area contributed by atoms with Gasteiger partial charge in [-0.3, -0.25) is 4.79 Å². The zero-order chi connectivity index (χ0) is 19.1. The minimum Gasteiger partial charge on any atom is -0.496 e. The molecule has 0 spiro atoms. The number of hydrogen-bond acceptors (Lipinski definition) is 3. The molecule has 0 aliphatic rings. The van der Waals surface area contributed by atoms with Gasteiger partial charge in [-0.2, -0.15) is 0 Å². The van der Waals surface area contributed by atoms with Crippen LogP contribution in [0.25, 0.3) is 5.57 Å². The lowest BCUT2D eigenvalue weighted by Gasteiger charge is -2.26. The van der Waals surface area contributed by atoms with Crippen molar-refractivity contribution in [2.45, 2.75) is 13.0 Å². The molecular formula is C21H25FN2O2. The zero-order valence-electron chi connectivity index (χ0n) is 15.6. The third-order valence-corrected chi connectivity index (χ3v) is 4.24. The number of likely N-dealkylation sites (N-methyl/N-ethyl adjacent to an activating group) is 1. The van der Waals surface area contributed by atoms with E-state index < -0.39 is 0 Å². The summed E-state index contributed by atoms with van der Waals surface area (Å²) in [5, 5.41) is 2.94. The molecule has 138 valence electrons. The van der Waals surface area contributed by atoms with Crippen LogP contribution in [0.15, 0.2) is 54.6 Å². The molecule has 0 radical (unpaired) electrons. The van der Waals surface area contributed by atoms with Crippen molar-refractivity contribution >= 4 is 11.5 Å². The first kappa shape index (κ1) is 19.7. The Morgan fingerprint density at radius 3 is 2.46 bits per heavy atom. The van der Waals surface area contributed by atoms with Gasteiger partial charge in [0.25, 0.3) is 0 Å². The van der Waals surface area contributed by atoms with Gasteiger partial charge in [0, 0.05) is 18.2 Å².